The average Bonchev–Trinajstić information content (AvgIpc) is 2.18. The highest BCUT2D eigenvalue weighted by molar-refractivity contribution is 5.97. The fraction of sp³-hybridized carbons (Fsp3) is 0.417. The number of hydrogen-bond donors (Lipinski definition) is 1. The number of aliphatic hydroxyl groups excluding tert-OH is 1. The molecule has 0 fully saturated rings. The van der Waals surface area contributed by atoms with Crippen LogP contribution in [0.25, 0.3) is 0 Å². The van der Waals surface area contributed by atoms with Crippen LogP contribution in [-0.2, 0) is 0 Å². The Balaban J connectivity index is 2.84. The average molecular weight is 192 g/mol. The zero-order valence-electron chi connectivity index (χ0n) is 8.71. The summed E-state index contributed by atoms with van der Waals surface area (Å²) in [7, 11) is 0. The first kappa shape index (κ1) is 10.9. The summed E-state index contributed by atoms with van der Waals surface area (Å²) in [5.74, 6) is 0.125. The van der Waals surface area contributed by atoms with Gasteiger partial charge in [0, 0.05) is 18.6 Å². The molecule has 1 rings (SSSR count). The Morgan fingerprint density at radius 1 is 1.36 bits per heavy atom. The number of carbonyl (C=O) groups excluding carboxylic acids is 1. The minimum absolute atomic E-state index is 0.0800. The molecule has 0 saturated carbocycles. The summed E-state index contributed by atoms with van der Waals surface area (Å²) in [5, 5.41) is 8.63. The molecule has 0 unspecified atom stereocenters. The standard InChI is InChI=1S/C12H16O2/c1-9-5-3-6-11(10(9)2)12(14)7-4-8-13/h3,5-6,13H,4,7-8H2,1-2H3. The van der Waals surface area contributed by atoms with Gasteiger partial charge in [0.05, 0.1) is 0 Å². The SMILES string of the molecule is Cc1cccc(C(=O)CCCO)c1C. The van der Waals surface area contributed by atoms with Crippen molar-refractivity contribution in [1.29, 1.82) is 0 Å². The third-order valence-electron chi connectivity index (χ3n) is 2.47. The fourth-order valence-electron chi connectivity index (χ4n) is 1.43. The molecule has 0 aliphatic rings. The van der Waals surface area contributed by atoms with E-state index in [-0.39, 0.29) is 12.4 Å². The first-order valence-electron chi connectivity index (χ1n) is 4.87. The summed E-state index contributed by atoms with van der Waals surface area (Å²) in [4.78, 5) is 11.7. The van der Waals surface area contributed by atoms with Gasteiger partial charge >= 0.3 is 0 Å². The van der Waals surface area contributed by atoms with Gasteiger partial charge in [-0.1, -0.05) is 18.2 Å². The molecule has 0 spiro atoms. The molecule has 0 heterocycles. The normalized spacial score (nSPS) is 10.2. The molecule has 2 heteroatoms. The lowest BCUT2D eigenvalue weighted by Crippen LogP contribution is -2.03. The predicted octanol–water partition coefficient (Wildman–Crippen LogP) is 2.26. The van der Waals surface area contributed by atoms with E-state index in [2.05, 4.69) is 0 Å². The fourth-order valence-corrected chi connectivity index (χ4v) is 1.43. The number of aliphatic hydroxyl groups is 1. The quantitative estimate of drug-likeness (QED) is 0.743. The first-order valence-corrected chi connectivity index (χ1v) is 4.87. The molecule has 1 N–H and O–H groups in total. The molecule has 1 aromatic rings. The molecule has 0 aromatic heterocycles. The van der Waals surface area contributed by atoms with Gasteiger partial charge in [0.2, 0.25) is 0 Å². The second-order valence-electron chi connectivity index (χ2n) is 3.50. The van der Waals surface area contributed by atoms with Crippen LogP contribution in [0.3, 0.4) is 0 Å². The van der Waals surface area contributed by atoms with E-state index < -0.39 is 0 Å². The predicted molar refractivity (Wildman–Crippen MR) is 56.6 cm³/mol. The maximum atomic E-state index is 11.7. The molecule has 1 aromatic carbocycles. The van der Waals surface area contributed by atoms with Crippen molar-refractivity contribution < 1.29 is 9.90 Å². The maximum absolute atomic E-state index is 11.7. The van der Waals surface area contributed by atoms with Gasteiger partial charge in [0.1, 0.15) is 0 Å². The molecule has 14 heavy (non-hydrogen) atoms. The van der Waals surface area contributed by atoms with Crippen LogP contribution >= 0.6 is 0 Å². The second kappa shape index (κ2) is 4.91. The summed E-state index contributed by atoms with van der Waals surface area (Å²) in [5.41, 5.74) is 2.98. The first-order chi connectivity index (χ1) is 6.66. The number of Topliss-reactive ketones (excluding diaryl/α,β-unsaturated/α-hetero) is 1. The summed E-state index contributed by atoms with van der Waals surface area (Å²) >= 11 is 0. The van der Waals surface area contributed by atoms with E-state index in [1.54, 1.807) is 0 Å². The van der Waals surface area contributed by atoms with Crippen LogP contribution < -0.4 is 0 Å². The lowest BCUT2D eigenvalue weighted by Gasteiger charge is -2.06. The number of benzene rings is 1. The van der Waals surface area contributed by atoms with Crippen LogP contribution in [0.4, 0.5) is 0 Å². The number of hydrogen-bond acceptors (Lipinski definition) is 2. The van der Waals surface area contributed by atoms with Crippen LogP contribution in [0, 0.1) is 13.8 Å². The summed E-state index contributed by atoms with van der Waals surface area (Å²) in [6.45, 7) is 4.04. The van der Waals surface area contributed by atoms with E-state index in [1.807, 2.05) is 32.0 Å². The van der Waals surface area contributed by atoms with Gasteiger partial charge in [-0.15, -0.1) is 0 Å². The Labute approximate surface area is 84.6 Å². The van der Waals surface area contributed by atoms with E-state index in [0.29, 0.717) is 12.8 Å². The molecule has 0 atom stereocenters. The second-order valence-corrected chi connectivity index (χ2v) is 3.50. The molecule has 0 saturated heterocycles. The van der Waals surface area contributed by atoms with Crippen LogP contribution in [-0.4, -0.2) is 17.5 Å². The highest BCUT2D eigenvalue weighted by Crippen LogP contribution is 2.15. The largest absolute Gasteiger partial charge is 0.396 e. The smallest absolute Gasteiger partial charge is 0.163 e. The van der Waals surface area contributed by atoms with Crippen LogP contribution in [0.1, 0.15) is 34.3 Å². The van der Waals surface area contributed by atoms with Gasteiger partial charge in [-0.25, -0.2) is 0 Å². The van der Waals surface area contributed by atoms with Gasteiger partial charge in [-0.3, -0.25) is 4.79 Å². The number of ketones is 1. The molecular formula is C12H16O2. The Hall–Kier alpha value is -1.15. The van der Waals surface area contributed by atoms with E-state index in [1.165, 1.54) is 0 Å². The van der Waals surface area contributed by atoms with Gasteiger partial charge in [-0.05, 0) is 31.4 Å². The zero-order chi connectivity index (χ0) is 10.6. The molecular weight excluding hydrogens is 176 g/mol. The molecule has 76 valence electrons. The third-order valence-corrected chi connectivity index (χ3v) is 2.47. The highest BCUT2D eigenvalue weighted by Gasteiger charge is 2.08. The van der Waals surface area contributed by atoms with E-state index >= 15 is 0 Å². The summed E-state index contributed by atoms with van der Waals surface area (Å²) < 4.78 is 0. The van der Waals surface area contributed by atoms with Crippen molar-refractivity contribution in [3.63, 3.8) is 0 Å². The van der Waals surface area contributed by atoms with Gasteiger partial charge < -0.3 is 5.11 Å². The Morgan fingerprint density at radius 3 is 2.71 bits per heavy atom. The van der Waals surface area contributed by atoms with Crippen molar-refractivity contribution in [2.45, 2.75) is 26.7 Å². The Morgan fingerprint density at radius 2 is 2.07 bits per heavy atom. The maximum Gasteiger partial charge on any atom is 0.163 e. The topological polar surface area (TPSA) is 37.3 Å². The van der Waals surface area contributed by atoms with Crippen LogP contribution in [0.2, 0.25) is 0 Å². The highest BCUT2D eigenvalue weighted by atomic mass is 16.3. The van der Waals surface area contributed by atoms with Crippen molar-refractivity contribution >= 4 is 5.78 Å². The van der Waals surface area contributed by atoms with Gasteiger partial charge in [0.25, 0.3) is 0 Å². The molecule has 0 aliphatic carbocycles. The lowest BCUT2D eigenvalue weighted by atomic mass is 9.98. The van der Waals surface area contributed by atoms with Crippen molar-refractivity contribution in [1.82, 2.24) is 0 Å². The van der Waals surface area contributed by atoms with Crippen LogP contribution in [0.15, 0.2) is 18.2 Å². The number of aryl methyl sites for hydroxylation is 1. The van der Waals surface area contributed by atoms with Crippen molar-refractivity contribution in [2.24, 2.45) is 0 Å². The summed E-state index contributed by atoms with van der Waals surface area (Å²) in [6.07, 6.45) is 0.979. The van der Waals surface area contributed by atoms with Crippen LogP contribution in [0.5, 0.6) is 0 Å². The van der Waals surface area contributed by atoms with E-state index in [9.17, 15) is 4.79 Å². The van der Waals surface area contributed by atoms with Crippen molar-refractivity contribution in [2.75, 3.05) is 6.61 Å². The zero-order valence-corrected chi connectivity index (χ0v) is 8.71. The van der Waals surface area contributed by atoms with E-state index in [0.717, 1.165) is 16.7 Å². The van der Waals surface area contributed by atoms with Crippen molar-refractivity contribution in [3.05, 3.63) is 34.9 Å². The molecule has 0 amide bonds. The van der Waals surface area contributed by atoms with Gasteiger partial charge in [-0.2, -0.15) is 0 Å². The Bertz CT molecular complexity index is 329. The molecule has 0 radical (unpaired) electrons. The van der Waals surface area contributed by atoms with E-state index in [4.69, 9.17) is 5.11 Å². The third kappa shape index (κ3) is 2.42. The number of rotatable bonds is 4. The Kier molecular flexibility index (Phi) is 3.84. The molecule has 0 bridgehead atoms. The monoisotopic (exact) mass is 192 g/mol. The summed E-state index contributed by atoms with van der Waals surface area (Å²) in [6, 6.07) is 5.74. The van der Waals surface area contributed by atoms with Gasteiger partial charge in [0.15, 0.2) is 5.78 Å². The minimum Gasteiger partial charge on any atom is -0.396 e. The molecule has 2 nitrogen and oxygen atoms in total. The minimum atomic E-state index is 0.0800. The number of carbonyl (C=O) groups is 1. The lowest BCUT2D eigenvalue weighted by molar-refractivity contribution is 0.0970. The molecule has 0 aliphatic heterocycles. The van der Waals surface area contributed by atoms with Crippen molar-refractivity contribution in [3.8, 4) is 0 Å².